The van der Waals surface area contributed by atoms with Gasteiger partial charge in [0.05, 0.1) is 22.0 Å². The van der Waals surface area contributed by atoms with Gasteiger partial charge in [-0.15, -0.1) is 11.3 Å². The van der Waals surface area contributed by atoms with Crippen molar-refractivity contribution in [2.24, 2.45) is 0 Å². The largest absolute Gasteiger partial charge is 0.487 e. The molecule has 2 aromatic carbocycles. The number of hydrogen-bond acceptors (Lipinski definition) is 5. The predicted octanol–water partition coefficient (Wildman–Crippen LogP) is 5.08. The molecule has 2 N–H and O–H groups in total. The van der Waals surface area contributed by atoms with E-state index in [1.807, 2.05) is 19.2 Å². The number of rotatable bonds is 8. The maximum Gasteiger partial charge on any atom is 0.255 e. The lowest BCUT2D eigenvalue weighted by Crippen LogP contribution is -2.25. The van der Waals surface area contributed by atoms with Gasteiger partial charge in [-0.05, 0) is 49.7 Å². The molecular weight excluding hydrogens is 422 g/mol. The topological polar surface area (TPSA) is 80.3 Å². The molecule has 3 aromatic rings. The molecule has 0 saturated carbocycles. The number of nitrogens with zero attached hydrogens (tertiary/aromatic N) is 1. The maximum atomic E-state index is 12.8. The molecule has 3 rings (SSSR count). The molecule has 1 aromatic heterocycles. The van der Waals surface area contributed by atoms with Crippen molar-refractivity contribution < 1.29 is 14.3 Å². The first-order valence-corrected chi connectivity index (χ1v) is 10.7. The zero-order valence-electron chi connectivity index (χ0n) is 16.7. The van der Waals surface area contributed by atoms with Gasteiger partial charge < -0.3 is 15.4 Å². The summed E-state index contributed by atoms with van der Waals surface area (Å²) in [6, 6.07) is 11.6. The van der Waals surface area contributed by atoms with Crippen molar-refractivity contribution in [3.05, 3.63) is 74.7 Å². The number of aryl methyl sites for hydroxylation is 1. The first-order chi connectivity index (χ1) is 14.5. The van der Waals surface area contributed by atoms with Crippen LogP contribution < -0.4 is 15.4 Å². The normalized spacial score (nSPS) is 10.5. The minimum absolute atomic E-state index is 0.264. The summed E-state index contributed by atoms with van der Waals surface area (Å²) >= 11 is 7.63. The number of anilines is 1. The van der Waals surface area contributed by atoms with E-state index in [1.165, 1.54) is 0 Å². The molecule has 0 atom stereocenters. The number of ether oxygens (including phenoxy) is 1. The molecule has 0 saturated heterocycles. The standard InChI is InChI=1S/C22H22ClN3O3S/c1-3-9-24-22(28)19-8-7-16(23)11-20(19)26-21(27)15-5-4-6-18(10-15)29-12-17-13-30-14(2)25-17/h4-8,10-11,13H,3,9,12H2,1-2H3,(H,24,28)(H,26,27). The molecule has 30 heavy (non-hydrogen) atoms. The van der Waals surface area contributed by atoms with E-state index in [1.54, 1.807) is 53.8 Å². The van der Waals surface area contributed by atoms with Gasteiger partial charge >= 0.3 is 0 Å². The summed E-state index contributed by atoms with van der Waals surface area (Å²) in [6.07, 6.45) is 0.814. The van der Waals surface area contributed by atoms with Crippen molar-refractivity contribution in [3.63, 3.8) is 0 Å². The molecular formula is C22H22ClN3O3S. The molecule has 0 bridgehead atoms. The zero-order valence-corrected chi connectivity index (χ0v) is 18.3. The minimum atomic E-state index is -0.364. The second-order valence-electron chi connectivity index (χ2n) is 6.57. The van der Waals surface area contributed by atoms with Crippen LogP contribution in [0.2, 0.25) is 5.02 Å². The molecule has 8 heteroatoms. The maximum absolute atomic E-state index is 12.8. The van der Waals surface area contributed by atoms with Gasteiger partial charge in [0.2, 0.25) is 0 Å². The Morgan fingerprint density at radius 3 is 2.73 bits per heavy atom. The van der Waals surface area contributed by atoms with Gasteiger partial charge in [-0.25, -0.2) is 4.98 Å². The number of thiazole rings is 1. The van der Waals surface area contributed by atoms with E-state index >= 15 is 0 Å². The van der Waals surface area contributed by atoms with Gasteiger partial charge in [-0.3, -0.25) is 9.59 Å². The fourth-order valence-corrected chi connectivity index (χ4v) is 3.47. The molecule has 6 nitrogen and oxygen atoms in total. The Balaban J connectivity index is 1.73. The van der Waals surface area contributed by atoms with Gasteiger partial charge in [0.15, 0.2) is 0 Å². The third-order valence-corrected chi connectivity index (χ3v) is 5.22. The van der Waals surface area contributed by atoms with Crippen LogP contribution in [0.4, 0.5) is 5.69 Å². The summed E-state index contributed by atoms with van der Waals surface area (Å²) in [6.45, 7) is 4.78. The molecule has 0 aliphatic heterocycles. The number of carbonyl (C=O) groups is 2. The Morgan fingerprint density at radius 2 is 2.00 bits per heavy atom. The van der Waals surface area contributed by atoms with E-state index in [-0.39, 0.29) is 11.8 Å². The predicted molar refractivity (Wildman–Crippen MR) is 120 cm³/mol. The highest BCUT2D eigenvalue weighted by atomic mass is 35.5. The molecule has 1 heterocycles. The van der Waals surface area contributed by atoms with E-state index in [4.69, 9.17) is 16.3 Å². The SMILES string of the molecule is CCCNC(=O)c1ccc(Cl)cc1NC(=O)c1cccc(OCc2csc(C)n2)c1. The van der Waals surface area contributed by atoms with Crippen LogP contribution in [0.1, 0.15) is 44.8 Å². The molecule has 0 aliphatic rings. The van der Waals surface area contributed by atoms with Crippen LogP contribution in [0.15, 0.2) is 47.8 Å². The van der Waals surface area contributed by atoms with Crippen molar-refractivity contribution in [2.45, 2.75) is 26.9 Å². The highest BCUT2D eigenvalue weighted by Crippen LogP contribution is 2.23. The number of hydrogen-bond donors (Lipinski definition) is 2. The van der Waals surface area contributed by atoms with E-state index < -0.39 is 0 Å². The van der Waals surface area contributed by atoms with Crippen LogP contribution in [-0.2, 0) is 6.61 Å². The van der Waals surface area contributed by atoms with Gasteiger partial charge in [0.1, 0.15) is 12.4 Å². The third-order valence-electron chi connectivity index (χ3n) is 4.16. The first-order valence-electron chi connectivity index (χ1n) is 9.49. The monoisotopic (exact) mass is 443 g/mol. The Hall–Kier alpha value is -2.90. The molecule has 0 fully saturated rings. The van der Waals surface area contributed by atoms with Gasteiger partial charge in [-0.1, -0.05) is 24.6 Å². The molecule has 0 aliphatic carbocycles. The number of carbonyl (C=O) groups excluding carboxylic acids is 2. The minimum Gasteiger partial charge on any atom is -0.487 e. The number of benzene rings is 2. The summed E-state index contributed by atoms with van der Waals surface area (Å²) < 4.78 is 5.75. The Labute approximate surface area is 184 Å². The van der Waals surface area contributed by atoms with Crippen molar-refractivity contribution in [1.29, 1.82) is 0 Å². The smallest absolute Gasteiger partial charge is 0.255 e. The van der Waals surface area contributed by atoms with Gasteiger partial charge in [-0.2, -0.15) is 0 Å². The Morgan fingerprint density at radius 1 is 1.17 bits per heavy atom. The molecule has 0 unspecified atom stereocenters. The fourth-order valence-electron chi connectivity index (χ4n) is 2.71. The summed E-state index contributed by atoms with van der Waals surface area (Å²) in [7, 11) is 0. The molecule has 0 radical (unpaired) electrons. The lowest BCUT2D eigenvalue weighted by atomic mass is 10.1. The van der Waals surface area contributed by atoms with Gasteiger partial charge in [0.25, 0.3) is 11.8 Å². The zero-order chi connectivity index (χ0) is 21.5. The van der Waals surface area contributed by atoms with E-state index in [2.05, 4.69) is 15.6 Å². The van der Waals surface area contributed by atoms with Crippen LogP contribution in [0.25, 0.3) is 0 Å². The second-order valence-corrected chi connectivity index (χ2v) is 8.07. The highest BCUT2D eigenvalue weighted by Gasteiger charge is 2.15. The van der Waals surface area contributed by atoms with Crippen molar-refractivity contribution in [1.82, 2.24) is 10.3 Å². The first kappa shape index (κ1) is 21.8. The molecule has 2 amide bonds. The lowest BCUT2D eigenvalue weighted by molar-refractivity contribution is 0.0954. The second kappa shape index (κ2) is 10.2. The van der Waals surface area contributed by atoms with Crippen LogP contribution in [0.3, 0.4) is 0 Å². The number of nitrogens with one attached hydrogen (secondary N) is 2. The summed E-state index contributed by atoms with van der Waals surface area (Å²) in [5.41, 5.74) is 1.95. The summed E-state index contributed by atoms with van der Waals surface area (Å²) in [5.74, 6) is -0.0727. The van der Waals surface area contributed by atoms with Gasteiger partial charge in [0, 0.05) is 22.5 Å². The van der Waals surface area contributed by atoms with Crippen molar-refractivity contribution in [2.75, 3.05) is 11.9 Å². The Kier molecular flexibility index (Phi) is 7.43. The lowest BCUT2D eigenvalue weighted by Gasteiger charge is -2.12. The number of amides is 2. The summed E-state index contributed by atoms with van der Waals surface area (Å²) in [4.78, 5) is 29.5. The average molecular weight is 444 g/mol. The highest BCUT2D eigenvalue weighted by molar-refractivity contribution is 7.09. The quantitative estimate of drug-likeness (QED) is 0.509. The fraction of sp³-hybridized carbons (Fsp3) is 0.227. The third kappa shape index (κ3) is 5.81. The average Bonchev–Trinajstić information content (AvgIpc) is 3.16. The Bertz CT molecular complexity index is 1050. The van der Waals surface area contributed by atoms with Crippen LogP contribution in [-0.4, -0.2) is 23.3 Å². The van der Waals surface area contributed by atoms with Crippen LogP contribution in [0, 0.1) is 6.92 Å². The van der Waals surface area contributed by atoms with E-state index in [9.17, 15) is 9.59 Å². The van der Waals surface area contributed by atoms with E-state index in [0.717, 1.165) is 17.1 Å². The molecule has 156 valence electrons. The number of aromatic nitrogens is 1. The van der Waals surface area contributed by atoms with Crippen LogP contribution >= 0.6 is 22.9 Å². The van der Waals surface area contributed by atoms with Crippen molar-refractivity contribution in [3.8, 4) is 5.75 Å². The summed E-state index contributed by atoms with van der Waals surface area (Å²) in [5, 5.41) is 8.92. The van der Waals surface area contributed by atoms with Crippen molar-refractivity contribution >= 4 is 40.4 Å². The molecule has 0 spiro atoms. The van der Waals surface area contributed by atoms with E-state index in [0.29, 0.717) is 40.7 Å². The number of halogens is 1. The van der Waals surface area contributed by atoms with Crippen LogP contribution in [0.5, 0.6) is 5.75 Å².